The predicted molar refractivity (Wildman–Crippen MR) is 71.2 cm³/mol. The lowest BCUT2D eigenvalue weighted by molar-refractivity contribution is 0.691. The van der Waals surface area contributed by atoms with Crippen LogP contribution in [0.4, 0.5) is 0 Å². The molecule has 0 unspecified atom stereocenters. The van der Waals surface area contributed by atoms with E-state index in [2.05, 4.69) is 33.5 Å². The van der Waals surface area contributed by atoms with Crippen molar-refractivity contribution in [1.82, 2.24) is 14.8 Å². The van der Waals surface area contributed by atoms with Crippen LogP contribution in [0.1, 0.15) is 11.4 Å². The molecule has 0 spiro atoms. The van der Waals surface area contributed by atoms with E-state index in [1.807, 2.05) is 30.5 Å². The zero-order valence-electron chi connectivity index (χ0n) is 9.84. The molecule has 0 fully saturated rings. The van der Waals surface area contributed by atoms with E-state index in [1.165, 1.54) is 5.56 Å². The van der Waals surface area contributed by atoms with Gasteiger partial charge in [0, 0.05) is 13.0 Å². The van der Waals surface area contributed by atoms with Gasteiger partial charge in [-0.1, -0.05) is 48.2 Å². The first-order chi connectivity index (χ1) is 8.35. The minimum atomic E-state index is 0.755. The highest BCUT2D eigenvalue weighted by Gasteiger charge is 2.10. The van der Waals surface area contributed by atoms with Gasteiger partial charge in [-0.25, -0.2) is 0 Å². The van der Waals surface area contributed by atoms with E-state index in [0.29, 0.717) is 0 Å². The van der Waals surface area contributed by atoms with E-state index in [9.17, 15) is 0 Å². The van der Waals surface area contributed by atoms with Gasteiger partial charge in [0.2, 0.25) is 0 Å². The van der Waals surface area contributed by atoms with Crippen LogP contribution in [0, 0.1) is 0 Å². The van der Waals surface area contributed by atoms with Crippen LogP contribution in [0.25, 0.3) is 0 Å². The highest BCUT2D eigenvalue weighted by atomic mass is 32.2. The summed E-state index contributed by atoms with van der Waals surface area (Å²) in [6, 6.07) is 10.3. The normalized spacial score (nSPS) is 10.4. The molecule has 0 saturated heterocycles. The van der Waals surface area contributed by atoms with Crippen molar-refractivity contribution in [2.75, 3.05) is 6.26 Å². The topological polar surface area (TPSA) is 30.7 Å². The third-order valence-electron chi connectivity index (χ3n) is 2.49. The van der Waals surface area contributed by atoms with Gasteiger partial charge in [-0.3, -0.25) is 0 Å². The fourth-order valence-electron chi connectivity index (χ4n) is 1.69. The fraction of sp³-hybridized carbons (Fsp3) is 0.231. The molecule has 0 bridgehead atoms. The minimum absolute atomic E-state index is 0.755. The molecule has 1 heterocycles. The average Bonchev–Trinajstić information content (AvgIpc) is 2.74. The summed E-state index contributed by atoms with van der Waals surface area (Å²) in [5, 5.41) is 9.36. The number of allylic oxidation sites excluding steroid dienone is 1. The Kier molecular flexibility index (Phi) is 3.98. The monoisotopic (exact) mass is 245 g/mol. The Morgan fingerprint density at radius 2 is 2.06 bits per heavy atom. The van der Waals surface area contributed by atoms with Crippen molar-refractivity contribution in [2.45, 2.75) is 18.1 Å². The Morgan fingerprint density at radius 1 is 1.29 bits per heavy atom. The molecule has 0 N–H and O–H groups in total. The molecule has 2 aromatic rings. The molecule has 88 valence electrons. The number of thioether (sulfide) groups is 1. The van der Waals surface area contributed by atoms with Gasteiger partial charge in [0.15, 0.2) is 5.16 Å². The molecule has 2 rings (SSSR count). The number of rotatable bonds is 5. The number of hydrogen-bond donors (Lipinski definition) is 0. The van der Waals surface area contributed by atoms with E-state index in [4.69, 9.17) is 0 Å². The lowest BCUT2D eigenvalue weighted by Gasteiger charge is -2.06. The summed E-state index contributed by atoms with van der Waals surface area (Å²) < 4.78 is 2.10. The van der Waals surface area contributed by atoms with Gasteiger partial charge >= 0.3 is 0 Å². The van der Waals surface area contributed by atoms with Crippen molar-refractivity contribution in [1.29, 1.82) is 0 Å². The Labute approximate surface area is 106 Å². The lowest BCUT2D eigenvalue weighted by atomic mass is 10.1. The van der Waals surface area contributed by atoms with E-state index < -0.39 is 0 Å². The summed E-state index contributed by atoms with van der Waals surface area (Å²) in [5.41, 5.74) is 1.25. The molecule has 1 aromatic heterocycles. The van der Waals surface area contributed by atoms with Gasteiger partial charge < -0.3 is 4.57 Å². The summed E-state index contributed by atoms with van der Waals surface area (Å²) >= 11 is 1.61. The van der Waals surface area contributed by atoms with E-state index >= 15 is 0 Å². The Bertz CT molecular complexity index is 491. The van der Waals surface area contributed by atoms with Crippen LogP contribution in [0.3, 0.4) is 0 Å². The lowest BCUT2D eigenvalue weighted by Crippen LogP contribution is -2.04. The van der Waals surface area contributed by atoms with Crippen molar-refractivity contribution in [3.63, 3.8) is 0 Å². The van der Waals surface area contributed by atoms with E-state index in [1.54, 1.807) is 11.8 Å². The zero-order chi connectivity index (χ0) is 12.1. The molecule has 1 aromatic carbocycles. The summed E-state index contributed by atoms with van der Waals surface area (Å²) in [4.78, 5) is 0. The predicted octanol–water partition coefficient (Wildman–Crippen LogP) is 2.78. The summed E-state index contributed by atoms with van der Waals surface area (Å²) in [6.45, 7) is 4.53. The van der Waals surface area contributed by atoms with Gasteiger partial charge in [0.1, 0.15) is 5.82 Å². The zero-order valence-corrected chi connectivity index (χ0v) is 10.7. The largest absolute Gasteiger partial charge is 0.302 e. The third-order valence-corrected chi connectivity index (χ3v) is 3.16. The van der Waals surface area contributed by atoms with E-state index in [0.717, 1.165) is 23.9 Å². The molecular weight excluding hydrogens is 230 g/mol. The molecule has 0 atom stereocenters. The second-order valence-corrected chi connectivity index (χ2v) is 4.44. The molecule has 3 nitrogen and oxygen atoms in total. The van der Waals surface area contributed by atoms with Crippen molar-refractivity contribution in [2.24, 2.45) is 0 Å². The average molecular weight is 245 g/mol. The van der Waals surface area contributed by atoms with Crippen LogP contribution in [0.2, 0.25) is 0 Å². The number of hydrogen-bond acceptors (Lipinski definition) is 3. The second kappa shape index (κ2) is 5.68. The smallest absolute Gasteiger partial charge is 0.191 e. The van der Waals surface area contributed by atoms with Crippen molar-refractivity contribution >= 4 is 11.8 Å². The van der Waals surface area contributed by atoms with Crippen molar-refractivity contribution < 1.29 is 0 Å². The number of aromatic nitrogens is 3. The molecule has 0 saturated carbocycles. The van der Waals surface area contributed by atoms with Gasteiger partial charge in [-0.15, -0.1) is 16.8 Å². The van der Waals surface area contributed by atoms with Crippen molar-refractivity contribution in [3.05, 3.63) is 54.4 Å². The Hall–Kier alpha value is -1.55. The standard InChI is InChI=1S/C13H15N3S/c1-3-9-16-12(14-15-13(16)17-2)10-11-7-5-4-6-8-11/h3-8H,1,9-10H2,2H3. The number of nitrogens with zero attached hydrogens (tertiary/aromatic N) is 3. The van der Waals surface area contributed by atoms with Gasteiger partial charge in [-0.2, -0.15) is 0 Å². The first-order valence-corrected chi connectivity index (χ1v) is 6.68. The van der Waals surface area contributed by atoms with E-state index in [-0.39, 0.29) is 0 Å². The summed E-state index contributed by atoms with van der Waals surface area (Å²) in [5.74, 6) is 0.987. The first-order valence-electron chi connectivity index (χ1n) is 5.46. The molecule has 0 radical (unpaired) electrons. The quantitative estimate of drug-likeness (QED) is 0.599. The molecule has 17 heavy (non-hydrogen) atoms. The Balaban J connectivity index is 2.26. The van der Waals surface area contributed by atoms with Gasteiger partial charge in [0.25, 0.3) is 0 Å². The maximum Gasteiger partial charge on any atom is 0.191 e. The minimum Gasteiger partial charge on any atom is -0.302 e. The third kappa shape index (κ3) is 2.77. The van der Waals surface area contributed by atoms with Crippen LogP contribution in [-0.2, 0) is 13.0 Å². The van der Waals surface area contributed by atoms with Crippen LogP contribution in [0.5, 0.6) is 0 Å². The van der Waals surface area contributed by atoms with Crippen LogP contribution in [0.15, 0.2) is 48.1 Å². The van der Waals surface area contributed by atoms with Crippen LogP contribution in [-0.4, -0.2) is 21.0 Å². The molecule has 0 amide bonds. The second-order valence-electron chi connectivity index (χ2n) is 3.66. The molecule has 4 heteroatoms. The molecule has 0 aliphatic heterocycles. The summed E-state index contributed by atoms with van der Waals surface area (Å²) in [7, 11) is 0. The Morgan fingerprint density at radius 3 is 2.71 bits per heavy atom. The molecular formula is C13H15N3S. The van der Waals surface area contributed by atoms with Crippen LogP contribution < -0.4 is 0 Å². The van der Waals surface area contributed by atoms with Crippen LogP contribution >= 0.6 is 11.8 Å². The van der Waals surface area contributed by atoms with Gasteiger partial charge in [0.05, 0.1) is 0 Å². The molecule has 0 aliphatic rings. The van der Waals surface area contributed by atoms with Crippen molar-refractivity contribution in [3.8, 4) is 0 Å². The SMILES string of the molecule is C=CCn1c(Cc2ccccc2)nnc1SC. The maximum atomic E-state index is 4.25. The highest BCUT2D eigenvalue weighted by Crippen LogP contribution is 2.16. The maximum absolute atomic E-state index is 4.25. The number of benzene rings is 1. The first kappa shape index (κ1) is 11.9. The summed E-state index contributed by atoms with van der Waals surface area (Å²) in [6.07, 6.45) is 4.69. The fourth-order valence-corrected chi connectivity index (χ4v) is 2.21. The molecule has 0 aliphatic carbocycles. The highest BCUT2D eigenvalue weighted by molar-refractivity contribution is 7.98. The van der Waals surface area contributed by atoms with Gasteiger partial charge in [-0.05, 0) is 11.8 Å².